The van der Waals surface area contributed by atoms with Crippen molar-refractivity contribution < 1.29 is 21.8 Å². The molecule has 0 aromatic carbocycles. The second kappa shape index (κ2) is 15.3. The molecule has 0 heterocycles. The number of halogens is 2. The Morgan fingerprint density at radius 3 is 1.22 bits per heavy atom. The van der Waals surface area contributed by atoms with E-state index in [4.69, 9.17) is 34.0 Å². The predicted octanol–water partition coefficient (Wildman–Crippen LogP) is 8.91. The van der Waals surface area contributed by atoms with Gasteiger partial charge in [0.15, 0.2) is 0 Å². The third kappa shape index (κ3) is 8.68. The summed E-state index contributed by atoms with van der Waals surface area (Å²) in [5.74, 6) is 1.55. The molecular weight excluding hydrogens is 475 g/mol. The van der Waals surface area contributed by atoms with Gasteiger partial charge < -0.3 is 15.4 Å². The molecule has 0 spiro atoms. The first-order valence-electron chi connectivity index (χ1n) is 13.6. The van der Waals surface area contributed by atoms with Crippen LogP contribution in [-0.4, -0.2) is 36.4 Å². The predicted molar refractivity (Wildman–Crippen MR) is 134 cm³/mol. The monoisotopic (exact) mass is 520 g/mol. The fourth-order valence-electron chi connectivity index (χ4n) is 6.57. The number of hydrogen-bond donors (Lipinski definition) is 0. The summed E-state index contributed by atoms with van der Waals surface area (Å²) in [4.78, 5) is 0. The number of hydrogen-bond acceptors (Lipinski definition) is 1. The van der Waals surface area contributed by atoms with E-state index in [9.17, 15) is 0 Å². The molecule has 0 bridgehead atoms. The molecule has 0 amide bonds. The molecule has 4 aliphatic carbocycles. The second-order valence-electron chi connectivity index (χ2n) is 10.9. The molecule has 0 saturated heterocycles. The van der Waals surface area contributed by atoms with Gasteiger partial charge in [0.1, 0.15) is 0 Å². The van der Waals surface area contributed by atoms with Crippen LogP contribution in [0.3, 0.4) is 0 Å². The van der Waals surface area contributed by atoms with Crippen LogP contribution in [0.25, 0.3) is 10.6 Å². The summed E-state index contributed by atoms with van der Waals surface area (Å²) in [6.07, 6.45) is 21.9. The van der Waals surface area contributed by atoms with Crippen molar-refractivity contribution in [1.29, 1.82) is 0 Å². The Hall–Kier alpha value is 1.17. The van der Waals surface area contributed by atoms with E-state index in [2.05, 4.69) is 13.8 Å². The first kappa shape index (κ1) is 27.8. The molecule has 186 valence electrons. The number of nitrogens with zero attached hydrogens (tertiary/aromatic N) is 2. The van der Waals surface area contributed by atoms with Crippen molar-refractivity contribution in [2.45, 2.75) is 153 Å². The van der Waals surface area contributed by atoms with Gasteiger partial charge in [-0.2, -0.15) is 0 Å². The first-order chi connectivity index (χ1) is 15.6. The Morgan fingerprint density at radius 2 is 0.844 bits per heavy atom. The molecule has 4 aliphatic rings. The molecule has 0 radical (unpaired) electrons. The number of ether oxygens (including phenoxy) is 1. The molecule has 4 saturated carbocycles. The van der Waals surface area contributed by atoms with Crippen LogP contribution in [0.2, 0.25) is 0 Å². The van der Waals surface area contributed by atoms with Crippen molar-refractivity contribution in [3.8, 4) is 0 Å². The standard InChI is InChI=1S/C26H46N2O.2ClH.Ti/c1-19-11-3-5-13-21(19)27-23-15-7-9-17-25(23)29-26-18-10-8-16-24(26)28-22-14-6-4-12-20(22)2;;;/h19-26H,3-18H2,1-2H3;2*1H;/q-2;;;+2/p-2. The molecule has 0 aromatic heterocycles. The van der Waals surface area contributed by atoms with E-state index < -0.39 is 17.0 Å². The van der Waals surface area contributed by atoms with Crippen molar-refractivity contribution in [2.75, 3.05) is 0 Å². The van der Waals surface area contributed by atoms with Gasteiger partial charge in [-0.05, 0) is 12.8 Å². The van der Waals surface area contributed by atoms with Crippen LogP contribution in [0.15, 0.2) is 0 Å². The van der Waals surface area contributed by atoms with Gasteiger partial charge in [0, 0.05) is 12.2 Å². The van der Waals surface area contributed by atoms with E-state index in [1.165, 1.54) is 103 Å². The van der Waals surface area contributed by atoms with Gasteiger partial charge in [0.05, 0.1) is 0 Å². The van der Waals surface area contributed by atoms with Gasteiger partial charge in [-0.25, -0.2) is 0 Å². The van der Waals surface area contributed by atoms with Crippen molar-refractivity contribution >= 4 is 18.6 Å². The Morgan fingerprint density at radius 1 is 0.531 bits per heavy atom. The molecular formula is C26H46Cl2N2OTi-2. The molecule has 6 heteroatoms. The summed E-state index contributed by atoms with van der Waals surface area (Å²) < 4.78 is 6.92. The van der Waals surface area contributed by atoms with Crippen molar-refractivity contribution in [3.63, 3.8) is 0 Å². The molecule has 0 aromatic rings. The zero-order chi connectivity index (χ0) is 22.8. The molecule has 8 atom stereocenters. The summed E-state index contributed by atoms with van der Waals surface area (Å²) in [6, 6.07) is 2.08. The van der Waals surface area contributed by atoms with Crippen LogP contribution in [0.1, 0.15) is 117 Å². The van der Waals surface area contributed by atoms with Crippen LogP contribution < -0.4 is 0 Å². The van der Waals surface area contributed by atoms with Gasteiger partial charge >= 0.3 is 35.6 Å². The Balaban J connectivity index is 0.000000913. The van der Waals surface area contributed by atoms with E-state index in [1.807, 2.05) is 0 Å². The normalized spacial score (nSPS) is 40.8. The fraction of sp³-hybridized carbons (Fsp3) is 1.00. The molecule has 3 nitrogen and oxygen atoms in total. The van der Waals surface area contributed by atoms with Crippen molar-refractivity contribution in [2.24, 2.45) is 11.8 Å². The van der Waals surface area contributed by atoms with Crippen LogP contribution in [0, 0.1) is 11.8 Å². The minimum atomic E-state index is -0.556. The van der Waals surface area contributed by atoms with E-state index in [0.717, 1.165) is 11.8 Å². The van der Waals surface area contributed by atoms with E-state index in [1.54, 1.807) is 0 Å². The molecule has 8 unspecified atom stereocenters. The van der Waals surface area contributed by atoms with E-state index in [0.29, 0.717) is 36.4 Å². The van der Waals surface area contributed by atoms with Gasteiger partial charge in [-0.15, -0.1) is 24.2 Å². The maximum absolute atomic E-state index is 6.92. The second-order valence-corrected chi connectivity index (χ2v) is 13.5. The minimum absolute atomic E-state index is 0.363. The zero-order valence-electron chi connectivity index (χ0n) is 20.5. The molecule has 32 heavy (non-hydrogen) atoms. The fourth-order valence-corrected chi connectivity index (χ4v) is 6.57. The van der Waals surface area contributed by atoms with Gasteiger partial charge in [-0.1, -0.05) is 116 Å². The first-order valence-corrected chi connectivity index (χ1v) is 17.9. The summed E-state index contributed by atoms with van der Waals surface area (Å²) >= 11 is -0.556. The molecule has 0 N–H and O–H groups in total. The quantitative estimate of drug-likeness (QED) is 0.322. The zero-order valence-corrected chi connectivity index (χ0v) is 23.6. The molecule has 4 rings (SSSR count). The van der Waals surface area contributed by atoms with Gasteiger partial charge in [-0.3, -0.25) is 0 Å². The van der Waals surface area contributed by atoms with Crippen LogP contribution >= 0.6 is 18.6 Å². The third-order valence-electron chi connectivity index (χ3n) is 8.58. The SMILES string of the molecule is CC1CCCCC1[N-]C1CCCCC1OC1CCCCC1[N-]C1CCCCC1C.[Cl][Ti][Cl]. The maximum atomic E-state index is 6.92. The number of rotatable bonds is 6. The van der Waals surface area contributed by atoms with Crippen LogP contribution in [0.4, 0.5) is 0 Å². The van der Waals surface area contributed by atoms with Crippen LogP contribution in [0.5, 0.6) is 0 Å². The summed E-state index contributed by atoms with van der Waals surface area (Å²) in [7, 11) is 9.78. The van der Waals surface area contributed by atoms with Crippen LogP contribution in [-0.2, 0) is 21.8 Å². The van der Waals surface area contributed by atoms with Crippen molar-refractivity contribution in [3.05, 3.63) is 10.6 Å². The van der Waals surface area contributed by atoms with Crippen molar-refractivity contribution in [1.82, 2.24) is 0 Å². The Labute approximate surface area is 214 Å². The van der Waals surface area contributed by atoms with E-state index >= 15 is 0 Å². The summed E-state index contributed by atoms with van der Waals surface area (Å²) in [6.45, 7) is 4.85. The van der Waals surface area contributed by atoms with Gasteiger partial charge in [0.25, 0.3) is 0 Å². The molecule has 4 fully saturated rings. The summed E-state index contributed by atoms with van der Waals surface area (Å²) in [5.41, 5.74) is 0. The van der Waals surface area contributed by atoms with E-state index in [-0.39, 0.29) is 0 Å². The average Bonchev–Trinajstić information content (AvgIpc) is 2.80. The molecule has 0 aliphatic heterocycles. The Kier molecular flexibility index (Phi) is 13.3. The Bertz CT molecular complexity index is 472. The topological polar surface area (TPSA) is 37.4 Å². The third-order valence-corrected chi connectivity index (χ3v) is 8.58. The van der Waals surface area contributed by atoms with Gasteiger partial charge in [0.2, 0.25) is 0 Å². The summed E-state index contributed by atoms with van der Waals surface area (Å²) in [5, 5.41) is 10.8. The average molecular weight is 521 g/mol.